The third-order valence-electron chi connectivity index (χ3n) is 3.60. The average Bonchev–Trinajstić information content (AvgIpc) is 2.62. The van der Waals surface area contributed by atoms with Crippen LogP contribution in [0.5, 0.6) is 5.75 Å². The molecule has 4 nitrogen and oxygen atoms in total. The Labute approximate surface area is 146 Å². The number of rotatable bonds is 7. The van der Waals surface area contributed by atoms with Crippen molar-refractivity contribution in [2.45, 2.75) is 19.9 Å². The van der Waals surface area contributed by atoms with Gasteiger partial charge in [-0.05, 0) is 49.2 Å². The van der Waals surface area contributed by atoms with Gasteiger partial charge in [-0.25, -0.2) is 13.8 Å². The molecule has 0 radical (unpaired) electrons. The fourth-order valence-electron chi connectivity index (χ4n) is 2.32. The highest BCUT2D eigenvalue weighted by Gasteiger charge is 2.04. The summed E-state index contributed by atoms with van der Waals surface area (Å²) in [6.45, 7) is 3.35. The van der Waals surface area contributed by atoms with Crippen LogP contribution in [0.4, 0.5) is 8.78 Å². The van der Waals surface area contributed by atoms with E-state index in [1.807, 2.05) is 31.2 Å². The van der Waals surface area contributed by atoms with E-state index >= 15 is 0 Å². The molecule has 25 heavy (non-hydrogen) atoms. The molecule has 0 aliphatic carbocycles. The fourth-order valence-corrected chi connectivity index (χ4v) is 2.32. The van der Waals surface area contributed by atoms with E-state index in [-0.39, 0.29) is 12.1 Å². The minimum absolute atomic E-state index is 0.0675. The number of benzene rings is 2. The van der Waals surface area contributed by atoms with Gasteiger partial charge in [0.05, 0.1) is 13.7 Å². The Kier molecular flexibility index (Phi) is 7.19. The van der Waals surface area contributed by atoms with Crippen molar-refractivity contribution in [3.05, 3.63) is 65.2 Å². The molecule has 0 saturated carbocycles. The van der Waals surface area contributed by atoms with E-state index in [9.17, 15) is 8.78 Å². The normalized spacial score (nSPS) is 11.3. The Balaban J connectivity index is 1.94. The lowest BCUT2D eigenvalue weighted by molar-refractivity contribution is 0.414. The van der Waals surface area contributed by atoms with Crippen LogP contribution in [0.15, 0.2) is 47.5 Å². The van der Waals surface area contributed by atoms with Gasteiger partial charge < -0.3 is 15.4 Å². The summed E-state index contributed by atoms with van der Waals surface area (Å²) in [4.78, 5) is 4.31. The number of ether oxygens (including phenoxy) is 1. The van der Waals surface area contributed by atoms with E-state index in [0.717, 1.165) is 29.9 Å². The molecule has 0 saturated heterocycles. The van der Waals surface area contributed by atoms with Crippen molar-refractivity contribution in [2.75, 3.05) is 20.2 Å². The molecule has 6 heteroatoms. The molecule has 134 valence electrons. The molecule has 0 bridgehead atoms. The maximum Gasteiger partial charge on any atom is 0.191 e. The van der Waals surface area contributed by atoms with Crippen LogP contribution < -0.4 is 15.4 Å². The standard InChI is InChI=1S/C19H23F2N3O/c1-3-22-19(24-13-15-12-16(20)7-8-18(15)21)23-10-9-14-5-4-6-17(11-14)25-2/h4-8,11-12H,3,9-10,13H2,1-2H3,(H2,22,23,24). The van der Waals surface area contributed by atoms with E-state index < -0.39 is 11.6 Å². The molecule has 0 heterocycles. The molecule has 2 N–H and O–H groups in total. The van der Waals surface area contributed by atoms with Crippen LogP contribution in [0.25, 0.3) is 0 Å². The highest BCUT2D eigenvalue weighted by molar-refractivity contribution is 5.79. The molecule has 0 spiro atoms. The zero-order valence-corrected chi connectivity index (χ0v) is 14.5. The summed E-state index contributed by atoms with van der Waals surface area (Å²) < 4.78 is 32.1. The van der Waals surface area contributed by atoms with Crippen molar-refractivity contribution in [1.82, 2.24) is 10.6 Å². The predicted octanol–water partition coefficient (Wildman–Crippen LogP) is 3.27. The number of hydrogen-bond acceptors (Lipinski definition) is 2. The molecule has 0 fully saturated rings. The van der Waals surface area contributed by atoms with Crippen LogP contribution in [0.2, 0.25) is 0 Å². The molecule has 0 aromatic heterocycles. The van der Waals surface area contributed by atoms with Gasteiger partial charge in [-0.1, -0.05) is 12.1 Å². The molecular formula is C19H23F2N3O. The smallest absolute Gasteiger partial charge is 0.191 e. The van der Waals surface area contributed by atoms with Gasteiger partial charge >= 0.3 is 0 Å². The van der Waals surface area contributed by atoms with Crippen molar-refractivity contribution in [1.29, 1.82) is 0 Å². The van der Waals surface area contributed by atoms with Crippen molar-refractivity contribution in [3.8, 4) is 5.75 Å². The van der Waals surface area contributed by atoms with E-state index in [1.165, 1.54) is 6.07 Å². The SMILES string of the molecule is CCNC(=NCc1cc(F)ccc1F)NCCc1cccc(OC)c1. The molecule has 0 aliphatic rings. The van der Waals surface area contributed by atoms with Crippen molar-refractivity contribution in [3.63, 3.8) is 0 Å². The van der Waals surface area contributed by atoms with E-state index in [1.54, 1.807) is 7.11 Å². The first kappa shape index (κ1) is 18.7. The first-order chi connectivity index (χ1) is 12.1. The Morgan fingerprint density at radius 3 is 2.72 bits per heavy atom. The highest BCUT2D eigenvalue weighted by Crippen LogP contribution is 2.13. The maximum absolute atomic E-state index is 13.7. The highest BCUT2D eigenvalue weighted by atomic mass is 19.1. The Morgan fingerprint density at radius 2 is 1.96 bits per heavy atom. The van der Waals surface area contributed by atoms with Crippen LogP contribution in [0.3, 0.4) is 0 Å². The predicted molar refractivity (Wildman–Crippen MR) is 95.9 cm³/mol. The van der Waals surface area contributed by atoms with E-state index in [2.05, 4.69) is 15.6 Å². The zero-order valence-electron chi connectivity index (χ0n) is 14.5. The molecule has 2 rings (SSSR count). The second kappa shape index (κ2) is 9.61. The second-order valence-corrected chi connectivity index (χ2v) is 5.46. The molecule has 2 aromatic rings. The van der Waals surface area contributed by atoms with Crippen LogP contribution in [0.1, 0.15) is 18.1 Å². The number of halogens is 2. The zero-order chi connectivity index (χ0) is 18.1. The lowest BCUT2D eigenvalue weighted by Gasteiger charge is -2.12. The van der Waals surface area contributed by atoms with Crippen molar-refractivity contribution < 1.29 is 13.5 Å². The number of methoxy groups -OCH3 is 1. The van der Waals surface area contributed by atoms with Crippen molar-refractivity contribution in [2.24, 2.45) is 4.99 Å². The molecule has 2 aromatic carbocycles. The Hall–Kier alpha value is -2.63. The number of nitrogens with one attached hydrogen (secondary N) is 2. The minimum atomic E-state index is -0.470. The summed E-state index contributed by atoms with van der Waals surface area (Å²) in [5.74, 6) is 0.452. The van der Waals surface area contributed by atoms with Gasteiger partial charge in [0.15, 0.2) is 5.96 Å². The molecule has 0 unspecified atom stereocenters. The van der Waals surface area contributed by atoms with Gasteiger partial charge in [-0.2, -0.15) is 0 Å². The van der Waals surface area contributed by atoms with Gasteiger partial charge in [0.25, 0.3) is 0 Å². The number of aliphatic imine (C=N–C) groups is 1. The van der Waals surface area contributed by atoms with E-state index in [0.29, 0.717) is 19.0 Å². The Bertz CT molecular complexity index is 720. The van der Waals surface area contributed by atoms with E-state index in [4.69, 9.17) is 4.74 Å². The third kappa shape index (κ3) is 6.06. The summed E-state index contributed by atoms with van der Waals surface area (Å²) in [7, 11) is 1.64. The summed E-state index contributed by atoms with van der Waals surface area (Å²) in [5.41, 5.74) is 1.36. The third-order valence-corrected chi connectivity index (χ3v) is 3.60. The molecular weight excluding hydrogens is 324 g/mol. The molecule has 0 amide bonds. The maximum atomic E-state index is 13.7. The lowest BCUT2D eigenvalue weighted by atomic mass is 10.1. The quantitative estimate of drug-likeness (QED) is 0.597. The topological polar surface area (TPSA) is 45.7 Å². The first-order valence-electron chi connectivity index (χ1n) is 8.21. The largest absolute Gasteiger partial charge is 0.497 e. The Morgan fingerprint density at radius 1 is 1.12 bits per heavy atom. The molecule has 0 aliphatic heterocycles. The first-order valence-corrected chi connectivity index (χ1v) is 8.21. The number of hydrogen-bond donors (Lipinski definition) is 2. The summed E-state index contributed by atoms with van der Waals surface area (Å²) in [6, 6.07) is 11.2. The number of guanidine groups is 1. The van der Waals surface area contributed by atoms with Gasteiger partial charge in [-0.15, -0.1) is 0 Å². The summed E-state index contributed by atoms with van der Waals surface area (Å²) >= 11 is 0. The minimum Gasteiger partial charge on any atom is -0.497 e. The monoisotopic (exact) mass is 347 g/mol. The van der Waals surface area contributed by atoms with Crippen LogP contribution in [-0.2, 0) is 13.0 Å². The molecule has 0 atom stereocenters. The lowest BCUT2D eigenvalue weighted by Crippen LogP contribution is -2.38. The summed E-state index contributed by atoms with van der Waals surface area (Å²) in [5, 5.41) is 6.29. The number of nitrogens with zero attached hydrogens (tertiary/aromatic N) is 1. The van der Waals surface area contributed by atoms with Crippen LogP contribution in [0, 0.1) is 11.6 Å². The van der Waals surface area contributed by atoms with Gasteiger partial charge in [0, 0.05) is 18.7 Å². The van der Waals surface area contributed by atoms with Crippen molar-refractivity contribution >= 4 is 5.96 Å². The summed E-state index contributed by atoms with van der Waals surface area (Å²) in [6.07, 6.45) is 0.788. The fraction of sp³-hybridized carbons (Fsp3) is 0.316. The van der Waals surface area contributed by atoms with Crippen LogP contribution in [-0.4, -0.2) is 26.2 Å². The van der Waals surface area contributed by atoms with Gasteiger partial charge in [0.2, 0.25) is 0 Å². The van der Waals surface area contributed by atoms with Gasteiger partial charge in [0.1, 0.15) is 17.4 Å². The van der Waals surface area contributed by atoms with Gasteiger partial charge in [-0.3, -0.25) is 0 Å². The average molecular weight is 347 g/mol. The van der Waals surface area contributed by atoms with Crippen LogP contribution >= 0.6 is 0 Å². The second-order valence-electron chi connectivity index (χ2n) is 5.46.